The number of hydrogen-bond acceptors (Lipinski definition) is 1. The molecule has 2 N–H and O–H groups in total. The molecule has 2 aromatic carbocycles. The second-order valence-corrected chi connectivity index (χ2v) is 5.82. The van der Waals surface area contributed by atoms with E-state index in [-0.39, 0.29) is 14.5 Å². The minimum Gasteiger partial charge on any atom is -0.320 e. The van der Waals surface area contributed by atoms with Gasteiger partial charge in [-0.3, -0.25) is 0 Å². The number of halogens is 6. The lowest BCUT2D eigenvalue weighted by molar-refractivity contribution is 0.526. The average molecular weight is 413 g/mol. The molecule has 0 aliphatic heterocycles. The summed E-state index contributed by atoms with van der Waals surface area (Å²) in [5.41, 5.74) is 4.82. The summed E-state index contributed by atoms with van der Waals surface area (Å²) in [6.45, 7) is 0. The molecule has 20 heavy (non-hydrogen) atoms. The highest BCUT2D eigenvalue weighted by Gasteiger charge is 2.23. The summed E-state index contributed by atoms with van der Waals surface area (Å²) in [5.74, 6) is -3.50. The van der Waals surface area contributed by atoms with Crippen LogP contribution in [0.3, 0.4) is 0 Å². The highest BCUT2D eigenvalue weighted by atomic mass is 79.9. The minimum atomic E-state index is -1.45. The molecule has 0 bridgehead atoms. The van der Waals surface area contributed by atoms with Gasteiger partial charge in [-0.05, 0) is 40.2 Å². The second-order valence-electron chi connectivity index (χ2n) is 4.05. The van der Waals surface area contributed by atoms with Gasteiger partial charge in [0, 0.05) is 15.6 Å². The standard InChI is InChI=1S/C13H7Br2F4N/c14-5-1-10(18)12(11(19)2-5)13(20)6-3-9(17)7(15)4-8(6)16/h1-4,13H,20H2. The Kier molecular flexibility index (Phi) is 4.51. The van der Waals surface area contributed by atoms with Crippen LogP contribution in [0, 0.1) is 23.3 Å². The predicted molar refractivity (Wildman–Crippen MR) is 74.1 cm³/mol. The Bertz CT molecular complexity index is 653. The van der Waals surface area contributed by atoms with Crippen molar-refractivity contribution in [2.45, 2.75) is 6.04 Å². The van der Waals surface area contributed by atoms with Gasteiger partial charge in [-0.25, -0.2) is 17.6 Å². The van der Waals surface area contributed by atoms with Crippen LogP contribution in [-0.2, 0) is 0 Å². The molecule has 7 heteroatoms. The maximum atomic E-state index is 13.8. The third kappa shape index (κ3) is 2.89. The van der Waals surface area contributed by atoms with E-state index in [1.165, 1.54) is 0 Å². The van der Waals surface area contributed by atoms with Gasteiger partial charge in [-0.15, -0.1) is 0 Å². The van der Waals surface area contributed by atoms with Crippen molar-refractivity contribution in [2.24, 2.45) is 5.73 Å². The lowest BCUT2D eigenvalue weighted by Crippen LogP contribution is -2.17. The quantitative estimate of drug-likeness (QED) is 0.555. The molecule has 0 radical (unpaired) electrons. The van der Waals surface area contributed by atoms with Gasteiger partial charge in [0.25, 0.3) is 0 Å². The normalized spacial score (nSPS) is 12.6. The number of benzene rings is 2. The number of rotatable bonds is 2. The van der Waals surface area contributed by atoms with Crippen molar-refractivity contribution in [3.8, 4) is 0 Å². The molecular formula is C13H7Br2F4N. The number of hydrogen-bond donors (Lipinski definition) is 1. The van der Waals surface area contributed by atoms with Crippen molar-refractivity contribution in [2.75, 3.05) is 0 Å². The van der Waals surface area contributed by atoms with Crippen molar-refractivity contribution in [1.82, 2.24) is 0 Å². The summed E-state index contributed by atoms with van der Waals surface area (Å²) >= 11 is 5.74. The van der Waals surface area contributed by atoms with Crippen LogP contribution < -0.4 is 5.73 Å². The minimum absolute atomic E-state index is 0.0947. The van der Waals surface area contributed by atoms with Gasteiger partial charge in [0.2, 0.25) is 0 Å². The molecule has 0 aliphatic carbocycles. The fraction of sp³-hybridized carbons (Fsp3) is 0.0769. The van der Waals surface area contributed by atoms with E-state index in [0.29, 0.717) is 0 Å². The first kappa shape index (κ1) is 15.5. The predicted octanol–water partition coefficient (Wildman–Crippen LogP) is 4.82. The highest BCUT2D eigenvalue weighted by Crippen LogP contribution is 2.31. The Morgan fingerprint density at radius 3 is 1.90 bits per heavy atom. The van der Waals surface area contributed by atoms with Crippen molar-refractivity contribution in [1.29, 1.82) is 0 Å². The third-order valence-electron chi connectivity index (χ3n) is 2.73. The van der Waals surface area contributed by atoms with Crippen molar-refractivity contribution >= 4 is 31.9 Å². The molecule has 106 valence electrons. The zero-order valence-electron chi connectivity index (χ0n) is 9.73. The van der Waals surface area contributed by atoms with Gasteiger partial charge in [-0.2, -0.15) is 0 Å². The van der Waals surface area contributed by atoms with E-state index in [1.807, 2.05) is 0 Å². The van der Waals surface area contributed by atoms with Crippen LogP contribution in [0.25, 0.3) is 0 Å². The zero-order valence-corrected chi connectivity index (χ0v) is 12.9. The van der Waals surface area contributed by atoms with Crippen LogP contribution in [0.5, 0.6) is 0 Å². The van der Waals surface area contributed by atoms with Gasteiger partial charge in [0.05, 0.1) is 10.5 Å². The molecule has 0 spiro atoms. The van der Waals surface area contributed by atoms with E-state index in [1.54, 1.807) is 0 Å². The van der Waals surface area contributed by atoms with Crippen LogP contribution >= 0.6 is 31.9 Å². The second kappa shape index (κ2) is 5.83. The maximum Gasteiger partial charge on any atom is 0.137 e. The van der Waals surface area contributed by atoms with E-state index in [9.17, 15) is 17.6 Å². The molecule has 1 atom stereocenters. The van der Waals surface area contributed by atoms with E-state index in [4.69, 9.17) is 5.73 Å². The summed E-state index contributed by atoms with van der Waals surface area (Å²) in [5, 5.41) is 0. The Labute approximate surface area is 129 Å². The SMILES string of the molecule is NC(c1cc(F)c(Br)cc1F)c1c(F)cc(Br)cc1F. The van der Waals surface area contributed by atoms with Gasteiger partial charge in [0.15, 0.2) is 0 Å². The Morgan fingerprint density at radius 2 is 1.35 bits per heavy atom. The smallest absolute Gasteiger partial charge is 0.137 e. The molecule has 0 saturated heterocycles. The summed E-state index contributed by atoms with van der Waals surface area (Å²) < 4.78 is 54.9. The molecule has 0 amide bonds. The van der Waals surface area contributed by atoms with Gasteiger partial charge in [-0.1, -0.05) is 15.9 Å². The van der Waals surface area contributed by atoms with Gasteiger partial charge >= 0.3 is 0 Å². The van der Waals surface area contributed by atoms with Crippen LogP contribution in [0.4, 0.5) is 17.6 Å². The fourth-order valence-corrected chi connectivity index (χ4v) is 2.50. The first-order valence-electron chi connectivity index (χ1n) is 5.35. The van der Waals surface area contributed by atoms with E-state index < -0.39 is 34.9 Å². The maximum absolute atomic E-state index is 13.8. The van der Waals surface area contributed by atoms with E-state index in [0.717, 1.165) is 24.3 Å². The molecule has 0 aromatic heterocycles. The van der Waals surface area contributed by atoms with Crippen LogP contribution in [0.1, 0.15) is 17.2 Å². The lowest BCUT2D eigenvalue weighted by Gasteiger charge is -2.16. The topological polar surface area (TPSA) is 26.0 Å². The highest BCUT2D eigenvalue weighted by molar-refractivity contribution is 9.10. The lowest BCUT2D eigenvalue weighted by atomic mass is 9.98. The molecular weight excluding hydrogens is 406 g/mol. The Balaban J connectivity index is 2.57. The Hall–Kier alpha value is -0.920. The monoisotopic (exact) mass is 411 g/mol. The summed E-state index contributed by atoms with van der Waals surface area (Å²) in [7, 11) is 0. The molecule has 0 fully saturated rings. The Morgan fingerprint density at radius 1 is 0.800 bits per heavy atom. The molecule has 0 aliphatic rings. The largest absolute Gasteiger partial charge is 0.320 e. The third-order valence-corrected chi connectivity index (χ3v) is 3.80. The van der Waals surface area contributed by atoms with Gasteiger partial charge < -0.3 is 5.73 Å². The van der Waals surface area contributed by atoms with Gasteiger partial charge in [0.1, 0.15) is 23.3 Å². The molecule has 1 nitrogen and oxygen atoms in total. The summed E-state index contributed by atoms with van der Waals surface area (Å²) in [6, 6.07) is 2.23. The fourth-order valence-electron chi connectivity index (χ4n) is 1.78. The first-order chi connectivity index (χ1) is 9.31. The van der Waals surface area contributed by atoms with Crippen molar-refractivity contribution < 1.29 is 17.6 Å². The molecule has 0 heterocycles. The zero-order chi connectivity index (χ0) is 15.0. The van der Waals surface area contributed by atoms with Crippen molar-refractivity contribution in [3.63, 3.8) is 0 Å². The van der Waals surface area contributed by atoms with E-state index >= 15 is 0 Å². The van der Waals surface area contributed by atoms with Crippen molar-refractivity contribution in [3.05, 3.63) is 67.6 Å². The van der Waals surface area contributed by atoms with Crippen LogP contribution in [0.2, 0.25) is 0 Å². The number of nitrogens with two attached hydrogens (primary N) is 1. The molecule has 1 unspecified atom stereocenters. The molecule has 0 saturated carbocycles. The average Bonchev–Trinajstić information content (AvgIpc) is 2.32. The van der Waals surface area contributed by atoms with Crippen LogP contribution in [-0.4, -0.2) is 0 Å². The van der Waals surface area contributed by atoms with Crippen LogP contribution in [0.15, 0.2) is 33.2 Å². The summed E-state index contributed by atoms with van der Waals surface area (Å²) in [6.07, 6.45) is 0. The molecule has 2 rings (SSSR count). The molecule has 2 aromatic rings. The first-order valence-corrected chi connectivity index (χ1v) is 6.94. The van der Waals surface area contributed by atoms with E-state index in [2.05, 4.69) is 31.9 Å². The summed E-state index contributed by atoms with van der Waals surface area (Å²) in [4.78, 5) is 0.